The molecule has 31 heavy (non-hydrogen) atoms. The normalized spacial score (nSPS) is 11.2. The number of hydrogen-bond acceptors (Lipinski definition) is 4. The number of H-pyrrole nitrogens is 1. The summed E-state index contributed by atoms with van der Waals surface area (Å²) in [6.45, 7) is 3.83. The van der Waals surface area contributed by atoms with Crippen LogP contribution in [0.4, 0.5) is 4.39 Å². The Morgan fingerprint density at radius 3 is 2.71 bits per heavy atom. The molecule has 0 bridgehead atoms. The number of carbonyl (C=O) groups excluding carboxylic acids is 1. The molecular weight excluding hydrogens is 419 g/mol. The van der Waals surface area contributed by atoms with Gasteiger partial charge in [0.15, 0.2) is 0 Å². The Labute approximate surface area is 182 Å². The smallest absolute Gasteiger partial charge is 0.272 e. The molecule has 0 spiro atoms. The first-order valence-electron chi connectivity index (χ1n) is 9.40. The quantitative estimate of drug-likeness (QED) is 0.358. The van der Waals surface area contributed by atoms with Gasteiger partial charge in [0.1, 0.15) is 11.5 Å². The summed E-state index contributed by atoms with van der Waals surface area (Å²) in [7, 11) is 0. The first-order valence-corrected chi connectivity index (χ1v) is 9.78. The molecule has 9 heteroatoms. The zero-order valence-electron chi connectivity index (χ0n) is 16.7. The summed E-state index contributed by atoms with van der Waals surface area (Å²) >= 11 is 5.94. The molecule has 0 aliphatic rings. The number of carbonyl (C=O) groups is 1. The highest BCUT2D eigenvalue weighted by Gasteiger charge is 2.19. The lowest BCUT2D eigenvalue weighted by Gasteiger charge is -2.04. The van der Waals surface area contributed by atoms with E-state index in [-0.39, 0.29) is 16.3 Å². The van der Waals surface area contributed by atoms with Crippen LogP contribution in [0.2, 0.25) is 5.02 Å². The number of rotatable bonds is 5. The zero-order chi connectivity index (χ0) is 22.0. The summed E-state index contributed by atoms with van der Waals surface area (Å²) in [5, 5.41) is 15.6. The number of aromatic amines is 1. The molecule has 2 N–H and O–H groups in total. The van der Waals surface area contributed by atoms with Crippen LogP contribution in [0.3, 0.4) is 0 Å². The molecule has 1 amide bonds. The van der Waals surface area contributed by atoms with Crippen LogP contribution in [0.1, 0.15) is 27.4 Å². The van der Waals surface area contributed by atoms with Crippen LogP contribution < -0.4 is 5.43 Å². The first kappa shape index (κ1) is 20.5. The lowest BCUT2D eigenvalue weighted by Crippen LogP contribution is -2.18. The lowest BCUT2D eigenvalue weighted by atomic mass is 10.1. The number of amides is 1. The van der Waals surface area contributed by atoms with Crippen molar-refractivity contribution in [1.82, 2.24) is 25.4 Å². The fourth-order valence-electron chi connectivity index (χ4n) is 3.25. The predicted molar refractivity (Wildman–Crippen MR) is 117 cm³/mol. The van der Waals surface area contributed by atoms with Crippen LogP contribution in [0.25, 0.3) is 16.9 Å². The number of aromatic nitrogens is 4. The third-order valence-electron chi connectivity index (χ3n) is 4.73. The van der Waals surface area contributed by atoms with Crippen molar-refractivity contribution in [2.45, 2.75) is 13.8 Å². The van der Waals surface area contributed by atoms with Gasteiger partial charge in [0.05, 0.1) is 34.0 Å². The Kier molecular flexibility index (Phi) is 5.64. The van der Waals surface area contributed by atoms with Crippen LogP contribution in [0, 0.1) is 19.7 Å². The summed E-state index contributed by atoms with van der Waals surface area (Å²) in [5.74, 6) is -1.05. The van der Waals surface area contributed by atoms with Gasteiger partial charge in [0.2, 0.25) is 0 Å². The second-order valence-corrected chi connectivity index (χ2v) is 7.20. The molecule has 0 radical (unpaired) electrons. The van der Waals surface area contributed by atoms with E-state index in [0.29, 0.717) is 5.69 Å². The van der Waals surface area contributed by atoms with Crippen molar-refractivity contribution in [1.29, 1.82) is 0 Å². The van der Waals surface area contributed by atoms with E-state index in [1.807, 2.05) is 48.9 Å². The van der Waals surface area contributed by atoms with E-state index in [1.54, 1.807) is 6.07 Å². The molecule has 4 aromatic rings. The fourth-order valence-corrected chi connectivity index (χ4v) is 3.46. The van der Waals surface area contributed by atoms with Crippen molar-refractivity contribution in [3.63, 3.8) is 0 Å². The van der Waals surface area contributed by atoms with Crippen molar-refractivity contribution < 1.29 is 9.18 Å². The van der Waals surface area contributed by atoms with Gasteiger partial charge in [0, 0.05) is 11.1 Å². The third kappa shape index (κ3) is 4.10. The van der Waals surface area contributed by atoms with Gasteiger partial charge in [-0.05, 0) is 44.2 Å². The largest absolute Gasteiger partial charge is 0.289 e. The number of halogens is 2. The van der Waals surface area contributed by atoms with Gasteiger partial charge >= 0.3 is 0 Å². The van der Waals surface area contributed by atoms with Gasteiger partial charge < -0.3 is 0 Å². The molecule has 0 saturated carbocycles. The van der Waals surface area contributed by atoms with E-state index in [2.05, 4.69) is 25.8 Å². The highest BCUT2D eigenvalue weighted by molar-refractivity contribution is 6.33. The van der Waals surface area contributed by atoms with E-state index in [1.165, 1.54) is 18.2 Å². The standard InChI is InChI=1S/C22H18ClFN6O/c1-13-21(14(2)30(29-13)15-7-4-3-5-8-15)19-11-20(27-26-19)22(31)28-25-12-16-17(23)9-6-10-18(16)24/h3-12H,1-2H3,(H,26,27)(H,28,31)/b25-12+. The maximum absolute atomic E-state index is 13.8. The highest BCUT2D eigenvalue weighted by atomic mass is 35.5. The minimum absolute atomic E-state index is 0.0920. The van der Waals surface area contributed by atoms with Crippen molar-refractivity contribution in [2.24, 2.45) is 5.10 Å². The van der Waals surface area contributed by atoms with E-state index in [4.69, 9.17) is 11.6 Å². The number of nitrogens with zero attached hydrogens (tertiary/aromatic N) is 4. The molecule has 2 aromatic carbocycles. The van der Waals surface area contributed by atoms with E-state index in [0.717, 1.165) is 28.9 Å². The molecule has 0 aliphatic carbocycles. The summed E-state index contributed by atoms with van der Waals surface area (Å²) in [6.07, 6.45) is 1.16. The molecule has 156 valence electrons. The van der Waals surface area contributed by atoms with Gasteiger partial charge in [-0.2, -0.15) is 15.3 Å². The zero-order valence-corrected chi connectivity index (χ0v) is 17.5. The Hall–Kier alpha value is -3.78. The molecule has 0 saturated heterocycles. The molecule has 4 rings (SSSR count). The van der Waals surface area contributed by atoms with Crippen molar-refractivity contribution in [3.05, 3.63) is 88.1 Å². The molecular formula is C22H18ClFN6O. The SMILES string of the molecule is Cc1nn(-c2ccccc2)c(C)c1-c1cc(C(=O)N/N=C/c2c(F)cccc2Cl)[nH]n1. The average Bonchev–Trinajstić information content (AvgIpc) is 3.35. The maximum atomic E-state index is 13.8. The van der Waals surface area contributed by atoms with Crippen LogP contribution in [0.15, 0.2) is 59.7 Å². The third-order valence-corrected chi connectivity index (χ3v) is 5.06. The summed E-state index contributed by atoms with van der Waals surface area (Å²) < 4.78 is 15.6. The highest BCUT2D eigenvalue weighted by Crippen LogP contribution is 2.27. The second kappa shape index (κ2) is 8.53. The van der Waals surface area contributed by atoms with Gasteiger partial charge in [-0.3, -0.25) is 9.89 Å². The van der Waals surface area contributed by atoms with Crippen LogP contribution in [-0.4, -0.2) is 32.1 Å². The van der Waals surface area contributed by atoms with Crippen molar-refractivity contribution >= 4 is 23.7 Å². The van der Waals surface area contributed by atoms with E-state index < -0.39 is 11.7 Å². The molecule has 0 unspecified atom stereocenters. The summed E-state index contributed by atoms with van der Waals surface area (Å²) in [4.78, 5) is 12.4. The Bertz CT molecular complexity index is 1260. The molecule has 7 nitrogen and oxygen atoms in total. The Morgan fingerprint density at radius 2 is 1.97 bits per heavy atom. The molecule has 0 aliphatic heterocycles. The van der Waals surface area contributed by atoms with Gasteiger partial charge in [-0.1, -0.05) is 35.9 Å². The van der Waals surface area contributed by atoms with E-state index in [9.17, 15) is 9.18 Å². The van der Waals surface area contributed by atoms with Crippen molar-refractivity contribution in [2.75, 3.05) is 0 Å². The number of hydrogen-bond donors (Lipinski definition) is 2. The molecule has 0 atom stereocenters. The van der Waals surface area contributed by atoms with Gasteiger partial charge in [-0.25, -0.2) is 14.5 Å². The number of nitrogens with one attached hydrogen (secondary N) is 2. The van der Waals surface area contributed by atoms with Crippen LogP contribution >= 0.6 is 11.6 Å². The van der Waals surface area contributed by atoms with Gasteiger partial charge in [-0.15, -0.1) is 0 Å². The molecule has 2 heterocycles. The second-order valence-electron chi connectivity index (χ2n) is 6.79. The summed E-state index contributed by atoms with van der Waals surface area (Å²) in [6, 6.07) is 15.7. The Morgan fingerprint density at radius 1 is 1.19 bits per heavy atom. The Balaban J connectivity index is 1.54. The summed E-state index contributed by atoms with van der Waals surface area (Å²) in [5.41, 5.74) is 6.68. The van der Waals surface area contributed by atoms with E-state index >= 15 is 0 Å². The lowest BCUT2D eigenvalue weighted by molar-refractivity contribution is 0.0950. The van der Waals surface area contributed by atoms with Crippen molar-refractivity contribution in [3.8, 4) is 16.9 Å². The number of benzene rings is 2. The topological polar surface area (TPSA) is 88.0 Å². The van der Waals surface area contributed by atoms with Crippen LogP contribution in [0.5, 0.6) is 0 Å². The van der Waals surface area contributed by atoms with Crippen LogP contribution in [-0.2, 0) is 0 Å². The number of aryl methyl sites for hydroxylation is 1. The predicted octanol–water partition coefficient (Wildman–Crippen LogP) is 4.44. The number of para-hydroxylation sites is 1. The maximum Gasteiger partial charge on any atom is 0.289 e. The number of hydrazone groups is 1. The average molecular weight is 437 g/mol. The fraction of sp³-hybridized carbons (Fsp3) is 0.0909. The van der Waals surface area contributed by atoms with Gasteiger partial charge in [0.25, 0.3) is 5.91 Å². The minimum atomic E-state index is -0.532. The molecule has 0 fully saturated rings. The minimum Gasteiger partial charge on any atom is -0.272 e. The first-order chi connectivity index (χ1) is 15.0. The molecule has 2 aromatic heterocycles. The monoisotopic (exact) mass is 436 g/mol.